The molecule has 2 aromatic rings. The van der Waals surface area contributed by atoms with Gasteiger partial charge in [0.05, 0.1) is 6.61 Å². The second-order valence-corrected chi connectivity index (χ2v) is 5.15. The Kier molecular flexibility index (Phi) is 3.55. The Hall–Kier alpha value is -1.75. The zero-order valence-electron chi connectivity index (χ0n) is 10.2. The van der Waals surface area contributed by atoms with Gasteiger partial charge in [-0.05, 0) is 54.6 Å². The lowest BCUT2D eigenvalue weighted by atomic mass is 10.1. The minimum Gasteiger partial charge on any atom is -0.493 e. The Balaban J connectivity index is 1.72. The molecule has 1 N–H and O–H groups in total. The lowest BCUT2D eigenvalue weighted by Gasteiger charge is -2.17. The Bertz CT molecular complexity index is 591. The highest BCUT2D eigenvalue weighted by Gasteiger charge is 2.11. The zero-order valence-corrected chi connectivity index (χ0v) is 11.0. The maximum Gasteiger partial charge on any atom is 0.237 e. The van der Waals surface area contributed by atoms with Crippen LogP contribution in [0.1, 0.15) is 12.0 Å². The maximum atomic E-state index is 13.4. The van der Waals surface area contributed by atoms with Crippen molar-refractivity contribution in [2.24, 2.45) is 0 Å². The van der Waals surface area contributed by atoms with E-state index in [9.17, 15) is 4.39 Å². The number of hydrogen-bond acceptors (Lipinski definition) is 4. The van der Waals surface area contributed by atoms with E-state index in [1.165, 1.54) is 23.7 Å². The lowest BCUT2D eigenvalue weighted by molar-refractivity contribution is 0.287. The van der Waals surface area contributed by atoms with Gasteiger partial charge in [-0.25, -0.2) is 4.98 Å². The molecular formula is C14H13FN2OS. The lowest BCUT2D eigenvalue weighted by Crippen LogP contribution is -2.08. The van der Waals surface area contributed by atoms with E-state index in [4.69, 9.17) is 4.74 Å². The second-order valence-electron chi connectivity index (χ2n) is 4.27. The highest BCUT2D eigenvalue weighted by atomic mass is 32.2. The number of pyridine rings is 1. The largest absolute Gasteiger partial charge is 0.493 e. The predicted molar refractivity (Wildman–Crippen MR) is 73.9 cm³/mol. The van der Waals surface area contributed by atoms with E-state index in [-0.39, 0.29) is 0 Å². The van der Waals surface area contributed by atoms with Gasteiger partial charge in [0.2, 0.25) is 5.95 Å². The Morgan fingerprint density at radius 2 is 2.26 bits per heavy atom. The van der Waals surface area contributed by atoms with Crippen LogP contribution in [0, 0.1) is 5.95 Å². The van der Waals surface area contributed by atoms with Gasteiger partial charge in [-0.15, -0.1) is 0 Å². The summed E-state index contributed by atoms with van der Waals surface area (Å²) in [5.74, 6) is 0.439. The van der Waals surface area contributed by atoms with Gasteiger partial charge in [0.1, 0.15) is 11.4 Å². The van der Waals surface area contributed by atoms with E-state index in [1.807, 2.05) is 12.1 Å². The normalized spacial score (nSPS) is 13.5. The van der Waals surface area contributed by atoms with Crippen molar-refractivity contribution in [2.45, 2.75) is 17.7 Å². The Labute approximate surface area is 115 Å². The van der Waals surface area contributed by atoms with Gasteiger partial charge >= 0.3 is 0 Å². The number of nitrogens with zero attached hydrogens (tertiary/aromatic N) is 1. The molecule has 1 aliphatic heterocycles. The average Bonchev–Trinajstić information content (AvgIpc) is 2.46. The number of anilines is 1. The molecule has 98 valence electrons. The first-order chi connectivity index (χ1) is 9.33. The van der Waals surface area contributed by atoms with Crippen molar-refractivity contribution in [2.75, 3.05) is 11.3 Å². The van der Waals surface area contributed by atoms with E-state index >= 15 is 0 Å². The van der Waals surface area contributed by atoms with Crippen LogP contribution in [0.3, 0.4) is 0 Å². The van der Waals surface area contributed by atoms with Crippen LogP contribution in [-0.2, 0) is 6.42 Å². The van der Waals surface area contributed by atoms with Gasteiger partial charge in [0.15, 0.2) is 0 Å². The molecule has 0 amide bonds. The van der Waals surface area contributed by atoms with Crippen LogP contribution in [-0.4, -0.2) is 11.6 Å². The van der Waals surface area contributed by atoms with Crippen LogP contribution >= 0.6 is 11.9 Å². The van der Waals surface area contributed by atoms with Crippen LogP contribution in [0.5, 0.6) is 5.75 Å². The number of fused-ring (bicyclic) bond motifs is 1. The van der Waals surface area contributed by atoms with Crippen molar-refractivity contribution in [3.8, 4) is 5.75 Å². The van der Waals surface area contributed by atoms with Gasteiger partial charge in [-0.3, -0.25) is 0 Å². The molecule has 3 nitrogen and oxygen atoms in total. The summed E-state index contributed by atoms with van der Waals surface area (Å²) in [5, 5.41) is 0. The van der Waals surface area contributed by atoms with Crippen LogP contribution in [0.25, 0.3) is 0 Å². The highest BCUT2D eigenvalue weighted by Crippen LogP contribution is 2.30. The van der Waals surface area contributed by atoms with E-state index in [0.717, 1.165) is 30.1 Å². The molecule has 0 spiro atoms. The fourth-order valence-electron chi connectivity index (χ4n) is 1.96. The summed E-state index contributed by atoms with van der Waals surface area (Å²) in [6.07, 6.45) is 3.56. The smallest absolute Gasteiger partial charge is 0.237 e. The number of nitrogens with one attached hydrogen (secondary N) is 1. The number of rotatable bonds is 3. The molecule has 0 atom stereocenters. The molecule has 3 rings (SSSR count). The summed E-state index contributed by atoms with van der Waals surface area (Å²) in [5.41, 5.74) is 1.62. The molecule has 0 fully saturated rings. The molecule has 5 heteroatoms. The molecule has 0 bridgehead atoms. The summed E-state index contributed by atoms with van der Waals surface area (Å²) in [6.45, 7) is 0.770. The molecule has 0 unspecified atom stereocenters. The molecule has 0 aliphatic carbocycles. The summed E-state index contributed by atoms with van der Waals surface area (Å²) in [6, 6.07) is 9.42. The van der Waals surface area contributed by atoms with Crippen molar-refractivity contribution < 1.29 is 9.13 Å². The average molecular weight is 276 g/mol. The minimum atomic E-state index is -0.496. The monoisotopic (exact) mass is 276 g/mol. The Morgan fingerprint density at radius 1 is 1.32 bits per heavy atom. The number of aromatic nitrogens is 1. The van der Waals surface area contributed by atoms with Crippen LogP contribution in [0.2, 0.25) is 0 Å². The fourth-order valence-corrected chi connectivity index (χ4v) is 2.64. The summed E-state index contributed by atoms with van der Waals surface area (Å²) < 4.78 is 21.9. The second kappa shape index (κ2) is 5.48. The van der Waals surface area contributed by atoms with Crippen LogP contribution < -0.4 is 9.46 Å². The van der Waals surface area contributed by atoms with E-state index < -0.39 is 5.95 Å². The SMILES string of the molecule is Fc1ncccc1NSc1ccc2c(c1)OCCC2. The molecular weight excluding hydrogens is 263 g/mol. The fraction of sp³-hybridized carbons (Fsp3) is 0.214. The number of aryl methyl sites for hydroxylation is 1. The van der Waals surface area contributed by atoms with E-state index in [0.29, 0.717) is 5.69 Å². The Morgan fingerprint density at radius 3 is 3.16 bits per heavy atom. The topological polar surface area (TPSA) is 34.2 Å². The zero-order chi connectivity index (χ0) is 13.1. The first kappa shape index (κ1) is 12.3. The molecule has 19 heavy (non-hydrogen) atoms. The standard InChI is InChI=1S/C14H13FN2OS/c15-14-12(4-1-7-16-14)17-19-11-6-5-10-3-2-8-18-13(10)9-11/h1,4-7,9,17H,2-3,8H2. The van der Waals surface area contributed by atoms with Crippen molar-refractivity contribution in [1.82, 2.24) is 4.98 Å². The molecule has 0 radical (unpaired) electrons. The van der Waals surface area contributed by atoms with E-state index in [1.54, 1.807) is 12.1 Å². The molecule has 2 heterocycles. The van der Waals surface area contributed by atoms with Gasteiger partial charge in [0, 0.05) is 11.1 Å². The molecule has 0 saturated heterocycles. The number of ether oxygens (including phenoxy) is 1. The summed E-state index contributed by atoms with van der Waals surface area (Å²) in [7, 11) is 0. The van der Waals surface area contributed by atoms with Gasteiger partial charge in [-0.2, -0.15) is 4.39 Å². The quantitative estimate of drug-likeness (QED) is 0.685. The first-order valence-electron chi connectivity index (χ1n) is 6.12. The summed E-state index contributed by atoms with van der Waals surface area (Å²) in [4.78, 5) is 4.58. The third-order valence-electron chi connectivity index (χ3n) is 2.92. The van der Waals surface area contributed by atoms with Crippen molar-refractivity contribution >= 4 is 17.6 Å². The van der Waals surface area contributed by atoms with E-state index in [2.05, 4.69) is 15.8 Å². The molecule has 1 aromatic carbocycles. The van der Waals surface area contributed by atoms with Crippen LogP contribution in [0.4, 0.5) is 10.1 Å². The number of benzene rings is 1. The van der Waals surface area contributed by atoms with Crippen molar-refractivity contribution in [3.05, 3.63) is 48.0 Å². The van der Waals surface area contributed by atoms with Gasteiger partial charge < -0.3 is 9.46 Å². The molecule has 1 aromatic heterocycles. The predicted octanol–water partition coefficient (Wildman–Crippen LogP) is 3.66. The van der Waals surface area contributed by atoms with Crippen LogP contribution in [0.15, 0.2) is 41.4 Å². The van der Waals surface area contributed by atoms with Crippen molar-refractivity contribution in [3.63, 3.8) is 0 Å². The first-order valence-corrected chi connectivity index (χ1v) is 6.94. The van der Waals surface area contributed by atoms with Gasteiger partial charge in [-0.1, -0.05) is 6.07 Å². The number of halogens is 1. The minimum absolute atomic E-state index is 0.381. The molecule has 1 aliphatic rings. The van der Waals surface area contributed by atoms with Gasteiger partial charge in [0.25, 0.3) is 0 Å². The number of hydrogen-bond donors (Lipinski definition) is 1. The maximum absolute atomic E-state index is 13.4. The van der Waals surface area contributed by atoms with Crippen molar-refractivity contribution in [1.29, 1.82) is 0 Å². The third kappa shape index (κ3) is 2.81. The highest BCUT2D eigenvalue weighted by molar-refractivity contribution is 8.00. The summed E-state index contributed by atoms with van der Waals surface area (Å²) >= 11 is 1.35. The third-order valence-corrected chi connectivity index (χ3v) is 3.74. The molecule has 0 saturated carbocycles.